The molecule has 0 aromatic carbocycles. The Morgan fingerprint density at radius 3 is 2.89 bits per heavy atom. The van der Waals surface area contributed by atoms with Gasteiger partial charge in [-0.1, -0.05) is 23.1 Å². The lowest BCUT2D eigenvalue weighted by atomic mass is 10.3. The van der Waals surface area contributed by atoms with Gasteiger partial charge in [0.25, 0.3) is 0 Å². The minimum atomic E-state index is -0.176. The molecule has 0 unspecified atom stereocenters. The highest BCUT2D eigenvalue weighted by atomic mass is 32.2. The number of anilines is 1. The molecule has 2 N–H and O–H groups in total. The van der Waals surface area contributed by atoms with Crippen molar-refractivity contribution in [2.45, 2.75) is 19.0 Å². The summed E-state index contributed by atoms with van der Waals surface area (Å²) in [5.74, 6) is 0.0207. The average molecular weight is 296 g/mol. The molecule has 2 rings (SSSR count). The summed E-state index contributed by atoms with van der Waals surface area (Å²) in [5, 5.41) is 3.82. The molecule has 19 heavy (non-hydrogen) atoms. The molecule has 0 saturated carbocycles. The Bertz CT molecular complexity index is 592. The summed E-state index contributed by atoms with van der Waals surface area (Å²) in [4.78, 5) is 34.6. The molecular weight excluding hydrogens is 284 g/mol. The molecule has 0 fully saturated rings. The van der Waals surface area contributed by atoms with E-state index >= 15 is 0 Å². The Morgan fingerprint density at radius 1 is 1.53 bits per heavy atom. The second-order valence-corrected chi connectivity index (χ2v) is 5.68. The van der Waals surface area contributed by atoms with Crippen molar-refractivity contribution in [1.82, 2.24) is 15.0 Å². The zero-order valence-electron chi connectivity index (χ0n) is 10.4. The maximum Gasteiger partial charge on any atom is 0.236 e. The van der Waals surface area contributed by atoms with Gasteiger partial charge in [-0.3, -0.25) is 9.59 Å². The Hall–Kier alpha value is -1.67. The summed E-state index contributed by atoms with van der Waals surface area (Å²) in [6, 6.07) is 0. The quantitative estimate of drug-likeness (QED) is 0.651. The molecule has 1 amide bonds. The number of hydrogen-bond acceptors (Lipinski definition) is 6. The largest absolute Gasteiger partial charge is 0.340 e. The van der Waals surface area contributed by atoms with Crippen molar-refractivity contribution in [3.8, 4) is 0 Å². The molecule has 0 radical (unpaired) electrons. The fourth-order valence-electron chi connectivity index (χ4n) is 1.40. The van der Waals surface area contributed by atoms with Crippen LogP contribution in [0, 0.1) is 6.92 Å². The smallest absolute Gasteiger partial charge is 0.236 e. The lowest BCUT2D eigenvalue weighted by Gasteiger charge is -1.99. The Morgan fingerprint density at radius 2 is 2.32 bits per heavy atom. The van der Waals surface area contributed by atoms with E-state index in [0.29, 0.717) is 20.9 Å². The molecule has 0 aliphatic rings. The number of aromatic nitrogens is 3. The monoisotopic (exact) mass is 296 g/mol. The van der Waals surface area contributed by atoms with Crippen LogP contribution in [0.2, 0.25) is 0 Å². The van der Waals surface area contributed by atoms with Gasteiger partial charge < -0.3 is 10.3 Å². The van der Waals surface area contributed by atoms with Gasteiger partial charge in [-0.2, -0.15) is 0 Å². The minimum absolute atomic E-state index is 0.0412. The van der Waals surface area contributed by atoms with E-state index in [1.54, 1.807) is 19.3 Å². The van der Waals surface area contributed by atoms with Crippen LogP contribution < -0.4 is 5.32 Å². The number of aryl methyl sites for hydroxylation is 1. The van der Waals surface area contributed by atoms with Crippen molar-refractivity contribution in [2.75, 3.05) is 11.1 Å². The summed E-state index contributed by atoms with van der Waals surface area (Å²) >= 11 is 2.50. The number of carbonyl (C=O) groups excluding carboxylic acids is 2. The number of thiazole rings is 1. The van der Waals surface area contributed by atoms with Crippen molar-refractivity contribution in [3.63, 3.8) is 0 Å². The first-order valence-corrected chi connectivity index (χ1v) is 7.27. The number of aromatic amines is 1. The predicted octanol–water partition coefficient (Wildman–Crippen LogP) is 2.11. The van der Waals surface area contributed by atoms with Crippen molar-refractivity contribution in [3.05, 3.63) is 23.0 Å². The van der Waals surface area contributed by atoms with E-state index in [-0.39, 0.29) is 17.4 Å². The van der Waals surface area contributed by atoms with Crippen LogP contribution in [0.15, 0.2) is 17.6 Å². The molecule has 0 bridgehead atoms. The van der Waals surface area contributed by atoms with Gasteiger partial charge in [0.2, 0.25) is 5.91 Å². The number of carbonyl (C=O) groups is 2. The van der Waals surface area contributed by atoms with Gasteiger partial charge >= 0.3 is 0 Å². The number of ketones is 1. The minimum Gasteiger partial charge on any atom is -0.340 e. The molecule has 8 heteroatoms. The summed E-state index contributed by atoms with van der Waals surface area (Å²) < 4.78 is 0. The SMILES string of the molecule is CC(=O)c1sc(NC(=O)CSc2ncc[nH]2)nc1C. The first-order chi connectivity index (χ1) is 9.06. The van der Waals surface area contributed by atoms with Crippen molar-refractivity contribution in [1.29, 1.82) is 0 Å². The standard InChI is InChI=1S/C11H12N4O2S2/c1-6-9(7(2)16)19-11(14-6)15-8(17)5-18-10-12-3-4-13-10/h3-4H,5H2,1-2H3,(H,12,13)(H,14,15,17). The van der Waals surface area contributed by atoms with Gasteiger partial charge in [0.1, 0.15) is 0 Å². The number of nitrogens with zero attached hydrogens (tertiary/aromatic N) is 2. The van der Waals surface area contributed by atoms with Crippen molar-refractivity contribution < 1.29 is 9.59 Å². The highest BCUT2D eigenvalue weighted by Crippen LogP contribution is 2.23. The topological polar surface area (TPSA) is 87.7 Å². The third kappa shape index (κ3) is 3.65. The predicted molar refractivity (Wildman–Crippen MR) is 74.8 cm³/mol. The van der Waals surface area contributed by atoms with Crippen LogP contribution in [-0.2, 0) is 4.79 Å². The number of thioether (sulfide) groups is 1. The van der Waals surface area contributed by atoms with Gasteiger partial charge in [-0.25, -0.2) is 9.97 Å². The first kappa shape index (κ1) is 13.8. The van der Waals surface area contributed by atoms with Gasteiger partial charge in [0, 0.05) is 19.3 Å². The molecule has 0 saturated heterocycles. The van der Waals surface area contributed by atoms with Gasteiger partial charge in [-0.05, 0) is 6.92 Å². The van der Waals surface area contributed by atoms with E-state index in [2.05, 4.69) is 20.3 Å². The fraction of sp³-hybridized carbons (Fsp3) is 0.273. The van der Waals surface area contributed by atoms with E-state index in [4.69, 9.17) is 0 Å². The highest BCUT2D eigenvalue weighted by Gasteiger charge is 2.13. The van der Waals surface area contributed by atoms with E-state index in [1.807, 2.05) is 0 Å². The van der Waals surface area contributed by atoms with Crippen LogP contribution in [0.1, 0.15) is 22.3 Å². The molecule has 100 valence electrons. The van der Waals surface area contributed by atoms with Crippen molar-refractivity contribution >= 4 is 39.9 Å². The maximum atomic E-state index is 11.7. The maximum absolute atomic E-state index is 11.7. The molecule has 0 spiro atoms. The molecule has 0 aliphatic carbocycles. The second-order valence-electron chi connectivity index (χ2n) is 3.72. The zero-order chi connectivity index (χ0) is 13.8. The molecule has 0 aliphatic heterocycles. The van der Waals surface area contributed by atoms with Gasteiger partial charge in [0.15, 0.2) is 16.1 Å². The summed E-state index contributed by atoms with van der Waals surface area (Å²) in [7, 11) is 0. The Kier molecular flexibility index (Phi) is 4.33. The number of rotatable bonds is 5. The zero-order valence-corrected chi connectivity index (χ0v) is 12.0. The fourth-order valence-corrected chi connectivity index (χ4v) is 2.90. The van der Waals surface area contributed by atoms with Crippen LogP contribution >= 0.6 is 23.1 Å². The number of Topliss-reactive ketones (excluding diaryl/α,β-unsaturated/α-hetero) is 1. The van der Waals surface area contributed by atoms with Crippen LogP contribution in [0.4, 0.5) is 5.13 Å². The van der Waals surface area contributed by atoms with Crippen LogP contribution in [0.5, 0.6) is 0 Å². The number of H-pyrrole nitrogens is 1. The van der Waals surface area contributed by atoms with Crippen molar-refractivity contribution in [2.24, 2.45) is 0 Å². The summed E-state index contributed by atoms with van der Waals surface area (Å²) in [5.41, 5.74) is 0.645. The first-order valence-electron chi connectivity index (χ1n) is 5.46. The summed E-state index contributed by atoms with van der Waals surface area (Å²) in [6.07, 6.45) is 3.33. The highest BCUT2D eigenvalue weighted by molar-refractivity contribution is 7.99. The number of amides is 1. The van der Waals surface area contributed by atoms with Gasteiger partial charge in [0.05, 0.1) is 16.3 Å². The average Bonchev–Trinajstić information content (AvgIpc) is 2.96. The number of imidazole rings is 1. The number of nitrogens with one attached hydrogen (secondary N) is 2. The lowest BCUT2D eigenvalue weighted by Crippen LogP contribution is -2.13. The Labute approximate surface area is 118 Å². The number of hydrogen-bond donors (Lipinski definition) is 2. The molecule has 6 nitrogen and oxygen atoms in total. The molecule has 0 atom stereocenters. The van der Waals surface area contributed by atoms with Gasteiger partial charge in [-0.15, -0.1) is 0 Å². The second kappa shape index (κ2) is 5.98. The third-order valence-corrected chi connectivity index (χ3v) is 4.25. The van der Waals surface area contributed by atoms with E-state index < -0.39 is 0 Å². The van der Waals surface area contributed by atoms with E-state index in [0.717, 1.165) is 0 Å². The van der Waals surface area contributed by atoms with E-state index in [9.17, 15) is 9.59 Å². The van der Waals surface area contributed by atoms with E-state index in [1.165, 1.54) is 30.0 Å². The molecule has 2 aromatic rings. The Balaban J connectivity index is 1.91. The summed E-state index contributed by atoms with van der Waals surface area (Å²) in [6.45, 7) is 3.24. The lowest BCUT2D eigenvalue weighted by molar-refractivity contribution is -0.113. The molecule has 2 heterocycles. The normalized spacial score (nSPS) is 10.4. The van der Waals surface area contributed by atoms with Crippen LogP contribution in [0.25, 0.3) is 0 Å². The van der Waals surface area contributed by atoms with Crippen LogP contribution in [-0.4, -0.2) is 32.4 Å². The van der Waals surface area contributed by atoms with Crippen LogP contribution in [0.3, 0.4) is 0 Å². The third-order valence-electron chi connectivity index (χ3n) is 2.18. The molecular formula is C11H12N4O2S2. The molecule has 2 aromatic heterocycles.